The van der Waals surface area contributed by atoms with Gasteiger partial charge in [-0.1, -0.05) is 54.1 Å². The third-order valence-electron chi connectivity index (χ3n) is 4.47. The third kappa shape index (κ3) is 3.83. The lowest BCUT2D eigenvalue weighted by molar-refractivity contribution is -0.140. The number of carbonyl (C=O) groups excluding carboxylic acids is 2. The first-order chi connectivity index (χ1) is 12.0. The lowest BCUT2D eigenvalue weighted by atomic mass is 9.96. The van der Waals surface area contributed by atoms with Crippen molar-refractivity contribution in [3.8, 4) is 0 Å². The second-order valence-electron chi connectivity index (χ2n) is 6.15. The zero-order valence-corrected chi connectivity index (χ0v) is 14.3. The summed E-state index contributed by atoms with van der Waals surface area (Å²) in [5, 5.41) is 16.3. The molecule has 0 saturated heterocycles. The van der Waals surface area contributed by atoms with E-state index in [1.165, 1.54) is 0 Å². The van der Waals surface area contributed by atoms with Crippen molar-refractivity contribution in [3.63, 3.8) is 0 Å². The van der Waals surface area contributed by atoms with Gasteiger partial charge in [-0.2, -0.15) is 0 Å². The maximum absolute atomic E-state index is 12.0. The molecule has 130 valence electrons. The predicted octanol–water partition coefficient (Wildman–Crippen LogP) is 1.91. The monoisotopic (exact) mass is 358 g/mol. The molecule has 3 rings (SSSR count). The largest absolute Gasteiger partial charge is 0.383 e. The van der Waals surface area contributed by atoms with Gasteiger partial charge in [-0.15, -0.1) is 0 Å². The van der Waals surface area contributed by atoms with E-state index in [4.69, 9.17) is 11.6 Å². The summed E-state index contributed by atoms with van der Waals surface area (Å²) in [5.74, 6) is -1.53. The molecule has 2 amide bonds. The molecule has 3 N–H and O–H groups in total. The number of amides is 2. The van der Waals surface area contributed by atoms with Crippen LogP contribution in [0.3, 0.4) is 0 Å². The fraction of sp³-hybridized carbons (Fsp3) is 0.263. The van der Waals surface area contributed by atoms with Gasteiger partial charge in [-0.05, 0) is 35.6 Å². The van der Waals surface area contributed by atoms with Crippen LogP contribution in [0, 0.1) is 0 Å². The zero-order chi connectivity index (χ0) is 17.9. The minimum atomic E-state index is -1.13. The highest BCUT2D eigenvalue weighted by Crippen LogP contribution is 2.36. The normalized spacial score (nSPS) is 18.5. The molecule has 1 aliphatic rings. The summed E-state index contributed by atoms with van der Waals surface area (Å²) in [7, 11) is 0. The number of halogens is 1. The molecule has 25 heavy (non-hydrogen) atoms. The number of nitrogens with one attached hydrogen (secondary N) is 2. The Morgan fingerprint density at radius 3 is 2.52 bits per heavy atom. The Morgan fingerprint density at radius 2 is 1.72 bits per heavy atom. The Labute approximate surface area is 151 Å². The van der Waals surface area contributed by atoms with Gasteiger partial charge in [0.05, 0.1) is 6.54 Å². The molecule has 0 bridgehead atoms. The smallest absolute Gasteiger partial charge is 0.309 e. The van der Waals surface area contributed by atoms with Crippen LogP contribution in [0.15, 0.2) is 48.5 Å². The van der Waals surface area contributed by atoms with Gasteiger partial charge in [-0.3, -0.25) is 9.59 Å². The number of fused-ring (bicyclic) bond motifs is 1. The van der Waals surface area contributed by atoms with Crippen molar-refractivity contribution >= 4 is 23.4 Å². The van der Waals surface area contributed by atoms with E-state index >= 15 is 0 Å². The van der Waals surface area contributed by atoms with Gasteiger partial charge >= 0.3 is 11.8 Å². The molecular formula is C19H19ClN2O3. The van der Waals surface area contributed by atoms with Crippen LogP contribution in [0.1, 0.15) is 23.1 Å². The van der Waals surface area contributed by atoms with Crippen LogP contribution in [0.25, 0.3) is 0 Å². The number of benzene rings is 2. The van der Waals surface area contributed by atoms with Gasteiger partial charge < -0.3 is 15.7 Å². The number of hydrogen-bond donors (Lipinski definition) is 3. The van der Waals surface area contributed by atoms with E-state index in [1.54, 1.807) is 24.3 Å². The Kier molecular flexibility index (Phi) is 5.06. The number of rotatable bonds is 4. The molecule has 1 atom stereocenters. The van der Waals surface area contributed by atoms with Crippen LogP contribution in [-0.2, 0) is 28.2 Å². The predicted molar refractivity (Wildman–Crippen MR) is 95.0 cm³/mol. The first-order valence-electron chi connectivity index (χ1n) is 8.10. The Balaban J connectivity index is 1.54. The van der Waals surface area contributed by atoms with Crippen LogP contribution in [0.5, 0.6) is 0 Å². The highest BCUT2D eigenvalue weighted by atomic mass is 35.5. The number of hydrogen-bond acceptors (Lipinski definition) is 3. The maximum Gasteiger partial charge on any atom is 0.309 e. The van der Waals surface area contributed by atoms with Crippen molar-refractivity contribution in [1.29, 1.82) is 0 Å². The van der Waals surface area contributed by atoms with Crippen molar-refractivity contribution in [2.24, 2.45) is 0 Å². The van der Waals surface area contributed by atoms with E-state index in [0.717, 1.165) is 23.1 Å². The van der Waals surface area contributed by atoms with E-state index < -0.39 is 17.4 Å². The van der Waals surface area contributed by atoms with Gasteiger partial charge in [0.15, 0.2) is 0 Å². The molecule has 0 aromatic heterocycles. The lowest BCUT2D eigenvalue weighted by Gasteiger charge is -2.24. The summed E-state index contributed by atoms with van der Waals surface area (Å²) in [6.45, 7) is 0.168. The molecule has 0 aliphatic heterocycles. The molecular weight excluding hydrogens is 340 g/mol. The molecule has 1 aliphatic carbocycles. The number of carbonyl (C=O) groups is 2. The van der Waals surface area contributed by atoms with Crippen molar-refractivity contribution in [1.82, 2.24) is 10.6 Å². The quantitative estimate of drug-likeness (QED) is 0.730. The Hall–Kier alpha value is -2.37. The van der Waals surface area contributed by atoms with Crippen molar-refractivity contribution in [2.45, 2.75) is 25.0 Å². The lowest BCUT2D eigenvalue weighted by Crippen LogP contribution is -2.45. The van der Waals surface area contributed by atoms with Gasteiger partial charge in [0.25, 0.3) is 0 Å². The molecule has 5 nitrogen and oxygen atoms in total. The average molecular weight is 359 g/mol. The second kappa shape index (κ2) is 7.25. The highest BCUT2D eigenvalue weighted by molar-refractivity contribution is 6.35. The Bertz CT molecular complexity index is 809. The fourth-order valence-corrected chi connectivity index (χ4v) is 3.26. The van der Waals surface area contributed by atoms with Crippen LogP contribution < -0.4 is 10.6 Å². The minimum Gasteiger partial charge on any atom is -0.383 e. The summed E-state index contributed by atoms with van der Waals surface area (Å²) in [6.07, 6.45) is 1.27. The van der Waals surface area contributed by atoms with Crippen LogP contribution >= 0.6 is 11.6 Å². The topological polar surface area (TPSA) is 78.4 Å². The minimum absolute atomic E-state index is 0.00234. The number of aliphatic hydroxyl groups is 1. The van der Waals surface area contributed by atoms with Crippen molar-refractivity contribution in [2.75, 3.05) is 6.54 Å². The van der Waals surface area contributed by atoms with E-state index in [2.05, 4.69) is 10.6 Å². The van der Waals surface area contributed by atoms with Crippen molar-refractivity contribution < 1.29 is 14.7 Å². The Morgan fingerprint density at radius 1 is 1.04 bits per heavy atom. The van der Waals surface area contributed by atoms with E-state index in [1.807, 2.05) is 24.3 Å². The van der Waals surface area contributed by atoms with E-state index in [9.17, 15) is 14.7 Å². The standard InChI is InChI=1S/C19H19ClN2O3/c20-16-8-4-2-6-14(16)11-21-17(23)18(24)22-12-19(25)10-9-13-5-1-3-7-15(13)19/h1-8,25H,9-12H2,(H,21,23)(H,22,24). The van der Waals surface area contributed by atoms with Gasteiger partial charge in [0.2, 0.25) is 0 Å². The molecule has 2 aromatic carbocycles. The molecule has 0 radical (unpaired) electrons. The molecule has 0 heterocycles. The molecule has 1 unspecified atom stereocenters. The summed E-state index contributed by atoms with van der Waals surface area (Å²) < 4.78 is 0. The fourth-order valence-electron chi connectivity index (χ4n) is 3.06. The highest BCUT2D eigenvalue weighted by Gasteiger charge is 2.36. The summed E-state index contributed by atoms with van der Waals surface area (Å²) >= 11 is 6.02. The molecule has 0 saturated carbocycles. The van der Waals surface area contributed by atoms with Gasteiger partial charge in [0, 0.05) is 11.6 Å². The van der Waals surface area contributed by atoms with Crippen molar-refractivity contribution in [3.05, 3.63) is 70.2 Å². The zero-order valence-electron chi connectivity index (χ0n) is 13.6. The third-order valence-corrected chi connectivity index (χ3v) is 4.84. The molecule has 2 aromatic rings. The summed E-state index contributed by atoms with van der Waals surface area (Å²) in [5.41, 5.74) is 1.48. The first-order valence-corrected chi connectivity index (χ1v) is 8.47. The number of aryl methyl sites for hydroxylation is 1. The van der Waals surface area contributed by atoms with Crippen LogP contribution in [0.4, 0.5) is 0 Å². The second-order valence-corrected chi connectivity index (χ2v) is 6.55. The van der Waals surface area contributed by atoms with E-state index in [0.29, 0.717) is 11.4 Å². The van der Waals surface area contributed by atoms with Crippen LogP contribution in [-0.4, -0.2) is 23.5 Å². The first kappa shape index (κ1) is 17.5. The summed E-state index contributed by atoms with van der Waals surface area (Å²) in [6, 6.07) is 14.7. The van der Waals surface area contributed by atoms with Gasteiger partial charge in [0.1, 0.15) is 5.60 Å². The maximum atomic E-state index is 12.0. The van der Waals surface area contributed by atoms with E-state index in [-0.39, 0.29) is 13.1 Å². The van der Waals surface area contributed by atoms with Crippen LogP contribution in [0.2, 0.25) is 5.02 Å². The molecule has 6 heteroatoms. The average Bonchev–Trinajstić information content (AvgIpc) is 2.96. The summed E-state index contributed by atoms with van der Waals surface area (Å²) in [4.78, 5) is 23.9. The SMILES string of the molecule is O=C(NCc1ccccc1Cl)C(=O)NCC1(O)CCc2ccccc21. The molecule has 0 spiro atoms. The molecule has 0 fully saturated rings. The van der Waals surface area contributed by atoms with Gasteiger partial charge in [-0.25, -0.2) is 0 Å².